The molecular formula is C30H31B6O9S-. The third kappa shape index (κ3) is 9.83. The highest BCUT2D eigenvalue weighted by molar-refractivity contribution is 7.85. The normalized spacial score (nSPS) is 18.8. The Hall–Kier alpha value is -2.85. The Balaban J connectivity index is 1.93. The summed E-state index contributed by atoms with van der Waals surface area (Å²) < 4.78 is 50.5. The quantitative estimate of drug-likeness (QED) is 0.128. The molecule has 3 atom stereocenters. The number of benzene rings is 2. The Bertz CT molecular complexity index is 1450. The number of ether oxygens (including phenoxy) is 3. The minimum absolute atomic E-state index is 0.00167. The maximum absolute atomic E-state index is 13.5. The van der Waals surface area contributed by atoms with E-state index in [0.717, 1.165) is 0 Å². The average molecular weight is 633 g/mol. The zero-order valence-electron chi connectivity index (χ0n) is 25.7. The van der Waals surface area contributed by atoms with Crippen molar-refractivity contribution in [2.75, 3.05) is 5.75 Å². The van der Waals surface area contributed by atoms with Gasteiger partial charge in [-0.15, -0.1) is 0 Å². The van der Waals surface area contributed by atoms with Crippen LogP contribution in [-0.2, 0) is 67.0 Å². The maximum Gasteiger partial charge on any atom is 0.338 e. The lowest BCUT2D eigenvalue weighted by Crippen LogP contribution is -2.40. The van der Waals surface area contributed by atoms with Gasteiger partial charge < -0.3 is 18.8 Å². The molecule has 0 saturated heterocycles. The molecule has 0 N–H and O–H groups in total. The molecule has 0 heterocycles. The highest BCUT2D eigenvalue weighted by atomic mass is 32.2. The highest BCUT2D eigenvalue weighted by Gasteiger charge is 2.39. The van der Waals surface area contributed by atoms with Gasteiger partial charge in [0.15, 0.2) is 0 Å². The summed E-state index contributed by atoms with van der Waals surface area (Å²) in [6.07, 6.45) is -2.66. The molecule has 1 saturated carbocycles. The monoisotopic (exact) mass is 633 g/mol. The van der Waals surface area contributed by atoms with Crippen LogP contribution in [0.15, 0.2) is 24.3 Å². The van der Waals surface area contributed by atoms with E-state index >= 15 is 0 Å². The zero-order valence-corrected chi connectivity index (χ0v) is 26.6. The topological polar surface area (TPSA) is 136 Å². The summed E-state index contributed by atoms with van der Waals surface area (Å²) in [4.78, 5) is 40.1. The van der Waals surface area contributed by atoms with Crippen LogP contribution in [0, 0.1) is 5.92 Å². The molecule has 0 aromatic heterocycles. The van der Waals surface area contributed by atoms with Gasteiger partial charge in [-0.2, -0.15) is 0 Å². The first-order valence-electron chi connectivity index (χ1n) is 14.8. The van der Waals surface area contributed by atoms with Gasteiger partial charge in [-0.25, -0.2) is 18.0 Å². The summed E-state index contributed by atoms with van der Waals surface area (Å²) in [6.45, 7) is 1.27. The van der Waals surface area contributed by atoms with Gasteiger partial charge in [0.05, 0.1) is 80.0 Å². The summed E-state index contributed by atoms with van der Waals surface area (Å²) in [7, 11) is 30.6. The SMILES string of the molecule is [B]Cc1cc(C[B])c(C[B])c(C(=O)OC2CC(OC(=O)c3cc(C[B])cc(C[B])c3C[B])CC(C(=O)OC(C)CS(=O)(=O)[O-])C2)c1. The molecule has 0 spiro atoms. The minimum Gasteiger partial charge on any atom is -0.748 e. The first-order valence-corrected chi connectivity index (χ1v) is 16.4. The molecule has 2 aromatic rings. The second-order valence-electron chi connectivity index (χ2n) is 11.2. The van der Waals surface area contributed by atoms with Crippen molar-refractivity contribution in [2.24, 2.45) is 5.92 Å². The first kappa shape index (κ1) is 37.6. The molecule has 1 aliphatic carbocycles. The van der Waals surface area contributed by atoms with Crippen molar-refractivity contribution >= 4 is 75.1 Å². The van der Waals surface area contributed by atoms with Crippen LogP contribution in [0.5, 0.6) is 0 Å². The minimum atomic E-state index is -4.67. The molecule has 2 aromatic carbocycles. The van der Waals surface area contributed by atoms with Gasteiger partial charge in [-0.1, -0.05) is 72.3 Å². The summed E-state index contributed by atoms with van der Waals surface area (Å²) in [5, 5.41) is 0. The van der Waals surface area contributed by atoms with Gasteiger partial charge in [0, 0.05) is 6.42 Å². The molecule has 3 unspecified atom stereocenters. The number of hydrogen-bond donors (Lipinski definition) is 0. The van der Waals surface area contributed by atoms with Crippen LogP contribution < -0.4 is 0 Å². The fourth-order valence-corrected chi connectivity index (χ4v) is 6.33. The van der Waals surface area contributed by atoms with E-state index in [2.05, 4.69) is 0 Å². The molecule has 3 rings (SSSR count). The van der Waals surface area contributed by atoms with Crippen molar-refractivity contribution in [1.29, 1.82) is 0 Å². The number of hydrogen-bond acceptors (Lipinski definition) is 9. The second kappa shape index (κ2) is 16.8. The van der Waals surface area contributed by atoms with E-state index in [0.29, 0.717) is 33.4 Å². The molecule has 46 heavy (non-hydrogen) atoms. The zero-order chi connectivity index (χ0) is 34.2. The van der Waals surface area contributed by atoms with Gasteiger partial charge in [-0.05, 0) is 43.0 Å². The lowest BCUT2D eigenvalue weighted by Gasteiger charge is -2.34. The van der Waals surface area contributed by atoms with Gasteiger partial charge in [0.2, 0.25) is 0 Å². The average Bonchev–Trinajstić information content (AvgIpc) is 3.01. The van der Waals surface area contributed by atoms with E-state index in [1.54, 1.807) is 24.3 Å². The first-order chi connectivity index (χ1) is 21.8. The molecule has 1 fully saturated rings. The Labute approximate surface area is 278 Å². The van der Waals surface area contributed by atoms with E-state index in [4.69, 9.17) is 61.3 Å². The lowest BCUT2D eigenvalue weighted by molar-refractivity contribution is -0.157. The number of carbonyl (C=O) groups is 3. The number of carbonyl (C=O) groups excluding carboxylic acids is 3. The molecule has 1 aliphatic rings. The molecule has 230 valence electrons. The van der Waals surface area contributed by atoms with Crippen LogP contribution in [0.25, 0.3) is 0 Å². The Morgan fingerprint density at radius 3 is 1.52 bits per heavy atom. The van der Waals surface area contributed by atoms with E-state index in [-0.39, 0.29) is 68.3 Å². The van der Waals surface area contributed by atoms with Crippen molar-refractivity contribution < 1.29 is 41.6 Å². The van der Waals surface area contributed by atoms with Crippen molar-refractivity contribution in [2.45, 2.75) is 82.4 Å². The van der Waals surface area contributed by atoms with E-state index in [9.17, 15) is 27.4 Å². The Morgan fingerprint density at radius 2 is 1.17 bits per heavy atom. The van der Waals surface area contributed by atoms with Crippen LogP contribution >= 0.6 is 0 Å². The standard InChI is InChI=1S/C30H32B6O9S/c1-16(15-46(40,41)42)43-28(37)19-6-22(44-29(38)24-4-17(9-31)2-20(11-33)26(24)13-35)8-23(7-19)45-30(39)25-5-18(10-32)3-21(12-34)27(25)14-36/h2-5,16,19,22-23H,6-15H2,1H3,(H,40,41,42)/p-1. The Morgan fingerprint density at radius 1 is 0.739 bits per heavy atom. The number of esters is 3. The fraction of sp³-hybridized carbons (Fsp3) is 0.500. The van der Waals surface area contributed by atoms with Crippen molar-refractivity contribution in [3.8, 4) is 0 Å². The molecule has 16 heteroatoms. The lowest BCUT2D eigenvalue weighted by atomic mass is 9.81. The molecule has 0 amide bonds. The van der Waals surface area contributed by atoms with Crippen LogP contribution in [0.3, 0.4) is 0 Å². The van der Waals surface area contributed by atoms with Crippen LogP contribution in [0.1, 0.15) is 80.3 Å². The summed E-state index contributed by atoms with van der Waals surface area (Å²) in [5.41, 5.74) is 3.83. The summed E-state index contributed by atoms with van der Waals surface area (Å²) >= 11 is 0. The van der Waals surface area contributed by atoms with Gasteiger partial charge in [-0.3, -0.25) is 4.79 Å². The Kier molecular flexibility index (Phi) is 13.7. The molecule has 0 aliphatic heterocycles. The van der Waals surface area contributed by atoms with Gasteiger partial charge in [0.1, 0.15) is 18.3 Å². The van der Waals surface area contributed by atoms with Crippen LogP contribution in [-0.4, -0.2) is 102 Å². The maximum atomic E-state index is 13.5. The van der Waals surface area contributed by atoms with E-state index in [1.807, 2.05) is 0 Å². The molecule has 0 bridgehead atoms. The summed E-state index contributed by atoms with van der Waals surface area (Å²) in [5.74, 6) is -4.22. The predicted molar refractivity (Wildman–Crippen MR) is 175 cm³/mol. The van der Waals surface area contributed by atoms with Gasteiger partial charge >= 0.3 is 17.9 Å². The van der Waals surface area contributed by atoms with E-state index in [1.165, 1.54) is 6.92 Å². The van der Waals surface area contributed by atoms with Crippen molar-refractivity contribution in [3.05, 3.63) is 68.8 Å². The number of rotatable bonds is 14. The smallest absolute Gasteiger partial charge is 0.338 e. The third-order valence-corrected chi connectivity index (χ3v) is 8.70. The fourth-order valence-electron chi connectivity index (χ4n) is 5.69. The molecule has 9 nitrogen and oxygen atoms in total. The molecular weight excluding hydrogens is 601 g/mol. The van der Waals surface area contributed by atoms with E-state index < -0.39 is 58.0 Å². The predicted octanol–water partition coefficient (Wildman–Crippen LogP) is 0.726. The molecule has 12 radical (unpaired) electrons. The summed E-state index contributed by atoms with van der Waals surface area (Å²) in [6, 6.07) is 6.65. The van der Waals surface area contributed by atoms with Crippen molar-refractivity contribution in [1.82, 2.24) is 0 Å². The van der Waals surface area contributed by atoms with Gasteiger partial charge in [0.25, 0.3) is 0 Å². The van der Waals surface area contributed by atoms with Crippen LogP contribution in [0.4, 0.5) is 0 Å². The largest absolute Gasteiger partial charge is 0.748 e. The highest BCUT2D eigenvalue weighted by Crippen LogP contribution is 2.33. The van der Waals surface area contributed by atoms with Crippen LogP contribution in [0.2, 0.25) is 0 Å². The third-order valence-electron chi connectivity index (χ3n) is 7.82. The second-order valence-corrected chi connectivity index (χ2v) is 12.7. The van der Waals surface area contributed by atoms with Crippen molar-refractivity contribution in [3.63, 3.8) is 0 Å².